The van der Waals surface area contributed by atoms with Crippen LogP contribution >= 0.6 is 34.4 Å². The molecule has 0 aromatic rings. The van der Waals surface area contributed by atoms with Crippen LogP contribution in [0.15, 0.2) is 0 Å². The number of thiol groups is 1. The molecule has 0 aliphatic heterocycles. The number of nitrogens with zero attached hydrogens (tertiary/aromatic N) is 1. The molecule has 0 saturated carbocycles. The Labute approximate surface area is 97.1 Å². The molecule has 0 saturated heterocycles. The van der Waals surface area contributed by atoms with Crippen molar-refractivity contribution in [3.05, 3.63) is 0 Å². The molecule has 0 N–H and O–H groups in total. The standard InChI is InChI=1S/C7H13NO3S3/c1-5(9)11-7(10)6(4-12)8(2)14-13-3/h6,12H,4H2,1-3H3/t6-/m0/s1. The lowest BCUT2D eigenvalue weighted by molar-refractivity contribution is -0.160. The Morgan fingerprint density at radius 2 is 2.14 bits per heavy atom. The topological polar surface area (TPSA) is 46.6 Å². The summed E-state index contributed by atoms with van der Waals surface area (Å²) in [6.45, 7) is 1.20. The van der Waals surface area contributed by atoms with Crippen molar-refractivity contribution in [2.45, 2.75) is 13.0 Å². The Morgan fingerprint density at radius 1 is 1.57 bits per heavy atom. The molecule has 0 radical (unpaired) electrons. The van der Waals surface area contributed by atoms with Gasteiger partial charge >= 0.3 is 11.9 Å². The molecule has 4 nitrogen and oxygen atoms in total. The molecule has 0 bridgehead atoms. The Morgan fingerprint density at radius 3 is 2.50 bits per heavy atom. The van der Waals surface area contributed by atoms with Gasteiger partial charge in [0.25, 0.3) is 0 Å². The predicted octanol–water partition coefficient (Wildman–Crippen LogP) is 1.23. The first kappa shape index (κ1) is 14.2. The fourth-order valence-corrected chi connectivity index (χ4v) is 2.74. The maximum atomic E-state index is 11.3. The highest BCUT2D eigenvalue weighted by Crippen LogP contribution is 2.24. The van der Waals surface area contributed by atoms with Crippen LogP contribution in [0.5, 0.6) is 0 Å². The maximum Gasteiger partial charge on any atom is 0.332 e. The van der Waals surface area contributed by atoms with Crippen molar-refractivity contribution < 1.29 is 14.3 Å². The van der Waals surface area contributed by atoms with Crippen LogP contribution < -0.4 is 0 Å². The van der Waals surface area contributed by atoms with Gasteiger partial charge in [0, 0.05) is 12.7 Å². The van der Waals surface area contributed by atoms with Crippen molar-refractivity contribution in [3.63, 3.8) is 0 Å². The van der Waals surface area contributed by atoms with Crippen LogP contribution in [0.3, 0.4) is 0 Å². The minimum atomic E-state index is -0.593. The van der Waals surface area contributed by atoms with Gasteiger partial charge in [-0.1, -0.05) is 10.8 Å². The summed E-state index contributed by atoms with van der Waals surface area (Å²) in [5.74, 6) is -0.836. The zero-order valence-electron chi connectivity index (χ0n) is 8.22. The highest BCUT2D eigenvalue weighted by atomic mass is 33.1. The lowest BCUT2D eigenvalue weighted by Crippen LogP contribution is -2.37. The van der Waals surface area contributed by atoms with Crippen LogP contribution in [0.1, 0.15) is 6.92 Å². The largest absolute Gasteiger partial charge is 0.392 e. The van der Waals surface area contributed by atoms with E-state index in [1.165, 1.54) is 28.7 Å². The molecule has 0 aliphatic rings. The second kappa shape index (κ2) is 7.44. The van der Waals surface area contributed by atoms with E-state index in [1.807, 2.05) is 6.26 Å². The molecule has 0 aromatic carbocycles. The second-order valence-electron chi connectivity index (χ2n) is 2.40. The first-order chi connectivity index (χ1) is 6.52. The average molecular weight is 255 g/mol. The van der Waals surface area contributed by atoms with Gasteiger partial charge in [0.15, 0.2) is 0 Å². The zero-order valence-corrected chi connectivity index (χ0v) is 10.7. The van der Waals surface area contributed by atoms with Crippen molar-refractivity contribution in [1.29, 1.82) is 0 Å². The molecular formula is C7H13NO3S3. The Bertz CT molecular complexity index is 212. The van der Waals surface area contributed by atoms with Crippen molar-refractivity contribution in [2.24, 2.45) is 0 Å². The van der Waals surface area contributed by atoms with Crippen LogP contribution in [0.2, 0.25) is 0 Å². The molecule has 0 spiro atoms. The summed E-state index contributed by atoms with van der Waals surface area (Å²) >= 11 is 4.03. The highest BCUT2D eigenvalue weighted by Gasteiger charge is 2.24. The van der Waals surface area contributed by atoms with Crippen LogP contribution in [0, 0.1) is 0 Å². The van der Waals surface area contributed by atoms with E-state index >= 15 is 0 Å². The first-order valence-electron chi connectivity index (χ1n) is 3.79. The number of hydrogen-bond acceptors (Lipinski definition) is 7. The summed E-state index contributed by atoms with van der Waals surface area (Å²) in [7, 11) is 4.67. The summed E-state index contributed by atoms with van der Waals surface area (Å²) < 4.78 is 6.19. The monoisotopic (exact) mass is 255 g/mol. The number of hydrogen-bond donors (Lipinski definition) is 1. The van der Waals surface area contributed by atoms with E-state index in [9.17, 15) is 9.59 Å². The van der Waals surface area contributed by atoms with E-state index in [1.54, 1.807) is 11.4 Å². The van der Waals surface area contributed by atoms with Gasteiger partial charge in [-0.05, 0) is 24.3 Å². The van der Waals surface area contributed by atoms with E-state index in [2.05, 4.69) is 17.4 Å². The maximum absolute atomic E-state index is 11.3. The lowest BCUT2D eigenvalue weighted by Gasteiger charge is -2.21. The van der Waals surface area contributed by atoms with Crippen LogP contribution in [0.25, 0.3) is 0 Å². The highest BCUT2D eigenvalue weighted by molar-refractivity contribution is 8.75. The molecule has 7 heteroatoms. The van der Waals surface area contributed by atoms with Gasteiger partial charge in [-0.3, -0.25) is 4.79 Å². The van der Waals surface area contributed by atoms with E-state index in [-0.39, 0.29) is 0 Å². The van der Waals surface area contributed by atoms with E-state index < -0.39 is 18.0 Å². The Kier molecular flexibility index (Phi) is 7.52. The smallest absolute Gasteiger partial charge is 0.332 e. The van der Waals surface area contributed by atoms with Crippen LogP contribution in [0.4, 0.5) is 0 Å². The molecule has 0 aromatic heterocycles. The van der Waals surface area contributed by atoms with Crippen molar-refractivity contribution in [2.75, 3.05) is 19.1 Å². The number of ether oxygens (including phenoxy) is 1. The van der Waals surface area contributed by atoms with Gasteiger partial charge in [0.1, 0.15) is 6.04 Å². The molecular weight excluding hydrogens is 242 g/mol. The fraction of sp³-hybridized carbons (Fsp3) is 0.714. The predicted molar refractivity (Wildman–Crippen MR) is 63.3 cm³/mol. The van der Waals surface area contributed by atoms with E-state index in [0.29, 0.717) is 5.75 Å². The van der Waals surface area contributed by atoms with Gasteiger partial charge in [-0.15, -0.1) is 0 Å². The minimum Gasteiger partial charge on any atom is -0.392 e. The fourth-order valence-electron chi connectivity index (χ4n) is 0.717. The molecule has 0 amide bonds. The molecule has 0 heterocycles. The third-order valence-electron chi connectivity index (χ3n) is 1.32. The minimum absolute atomic E-state index is 0.316. The summed E-state index contributed by atoms with van der Waals surface area (Å²) in [5, 5.41) is 0. The molecule has 1 atom stereocenters. The molecule has 14 heavy (non-hydrogen) atoms. The van der Waals surface area contributed by atoms with Crippen molar-refractivity contribution >= 4 is 46.3 Å². The SMILES string of the molecule is CSSN(C)[C@@H](CS)C(=O)OC(C)=O. The summed E-state index contributed by atoms with van der Waals surface area (Å²) in [6, 6.07) is -0.500. The van der Waals surface area contributed by atoms with Crippen LogP contribution in [-0.4, -0.2) is 41.3 Å². The molecule has 82 valence electrons. The van der Waals surface area contributed by atoms with Crippen molar-refractivity contribution in [1.82, 2.24) is 4.31 Å². The molecule has 0 unspecified atom stereocenters. The Balaban J connectivity index is 4.24. The molecule has 0 rings (SSSR count). The van der Waals surface area contributed by atoms with Gasteiger partial charge in [-0.2, -0.15) is 12.6 Å². The summed E-state index contributed by atoms with van der Waals surface area (Å²) in [5.41, 5.74) is 0. The first-order valence-corrected chi connectivity index (χ1v) is 6.94. The number of rotatable bonds is 5. The van der Waals surface area contributed by atoms with Gasteiger partial charge in [0.2, 0.25) is 0 Å². The normalized spacial score (nSPS) is 12.6. The number of carbonyl (C=O) groups excluding carboxylic acids is 2. The quantitative estimate of drug-likeness (QED) is 0.262. The van der Waals surface area contributed by atoms with Gasteiger partial charge < -0.3 is 4.74 Å². The summed E-state index contributed by atoms with van der Waals surface area (Å²) in [6.07, 6.45) is 1.90. The lowest BCUT2D eigenvalue weighted by atomic mass is 10.3. The third kappa shape index (κ3) is 5.14. The number of esters is 2. The van der Waals surface area contributed by atoms with Crippen LogP contribution in [-0.2, 0) is 14.3 Å². The summed E-state index contributed by atoms with van der Waals surface area (Å²) in [4.78, 5) is 21.9. The third-order valence-corrected chi connectivity index (χ3v) is 3.46. The van der Waals surface area contributed by atoms with Crippen molar-refractivity contribution in [3.8, 4) is 0 Å². The molecule has 0 fully saturated rings. The molecule has 0 aliphatic carbocycles. The Hall–Kier alpha value is 0.150. The average Bonchev–Trinajstić information content (AvgIpc) is 2.04. The number of likely N-dealkylation sites (N-methyl/N-ethyl adjacent to an activating group) is 1. The van der Waals surface area contributed by atoms with E-state index in [4.69, 9.17) is 0 Å². The van der Waals surface area contributed by atoms with Gasteiger partial charge in [0.05, 0.1) is 0 Å². The zero-order chi connectivity index (χ0) is 11.1. The second-order valence-corrected chi connectivity index (χ2v) is 5.27. The number of carbonyl (C=O) groups is 2. The van der Waals surface area contributed by atoms with Gasteiger partial charge in [-0.25, -0.2) is 9.10 Å². The van der Waals surface area contributed by atoms with E-state index in [0.717, 1.165) is 0 Å².